The highest BCUT2D eigenvalue weighted by Gasteiger charge is 2.15. The zero-order valence-electron chi connectivity index (χ0n) is 12.6. The second-order valence-electron chi connectivity index (χ2n) is 6.00. The van der Waals surface area contributed by atoms with Crippen LogP contribution in [0.3, 0.4) is 0 Å². The first kappa shape index (κ1) is 16.5. The van der Waals surface area contributed by atoms with Crippen molar-refractivity contribution in [3.8, 4) is 0 Å². The summed E-state index contributed by atoms with van der Waals surface area (Å²) >= 11 is 0. The predicted molar refractivity (Wildman–Crippen MR) is 80.9 cm³/mol. The van der Waals surface area contributed by atoms with Gasteiger partial charge >= 0.3 is 0 Å². The maximum absolute atomic E-state index is 12.0. The first-order chi connectivity index (χ1) is 9.26. The van der Waals surface area contributed by atoms with E-state index >= 15 is 0 Å². The van der Waals surface area contributed by atoms with E-state index in [9.17, 15) is 4.79 Å². The largest absolute Gasteiger partial charge is 0.353 e. The van der Waals surface area contributed by atoms with Crippen molar-refractivity contribution in [1.82, 2.24) is 5.32 Å². The monoisotopic (exact) mass is 268 g/mol. The van der Waals surface area contributed by atoms with Gasteiger partial charge in [0.05, 0.1) is 0 Å². The summed E-state index contributed by atoms with van der Waals surface area (Å²) in [4.78, 5) is 12.0. The van der Waals surface area contributed by atoms with Gasteiger partial charge < -0.3 is 11.1 Å². The van der Waals surface area contributed by atoms with Gasteiger partial charge in [-0.05, 0) is 38.1 Å². The second-order valence-corrected chi connectivity index (χ2v) is 6.00. The van der Waals surface area contributed by atoms with Gasteiger partial charge in [-0.15, -0.1) is 0 Å². The zero-order valence-corrected chi connectivity index (χ0v) is 12.6. The Labute approximate surface area is 118 Å². The molecule has 0 saturated heterocycles. The Hall–Kier alpha value is -0.570. The Morgan fingerprint density at radius 2 is 1.79 bits per heavy atom. The molecular weight excluding hydrogens is 236 g/mol. The van der Waals surface area contributed by atoms with Crippen molar-refractivity contribution in [2.75, 3.05) is 6.54 Å². The number of nitrogens with one attached hydrogen (secondary N) is 1. The number of amides is 1. The molecule has 1 aliphatic carbocycles. The van der Waals surface area contributed by atoms with Gasteiger partial charge in [-0.25, -0.2) is 0 Å². The summed E-state index contributed by atoms with van der Waals surface area (Å²) in [5, 5.41) is 3.24. The lowest BCUT2D eigenvalue weighted by Crippen LogP contribution is -2.35. The summed E-state index contributed by atoms with van der Waals surface area (Å²) in [5.74, 6) is 0.870. The number of hydrogen-bond acceptors (Lipinski definition) is 2. The average Bonchev–Trinajstić information content (AvgIpc) is 2.37. The molecule has 3 heteroatoms. The third-order valence-electron chi connectivity index (χ3n) is 4.40. The number of rotatable bonds is 7. The minimum Gasteiger partial charge on any atom is -0.353 e. The van der Waals surface area contributed by atoms with E-state index in [1.807, 2.05) is 0 Å². The molecule has 3 nitrogen and oxygen atoms in total. The summed E-state index contributed by atoms with van der Waals surface area (Å²) in [6, 6.07) is 0.433. The van der Waals surface area contributed by atoms with Crippen LogP contribution in [0.1, 0.15) is 77.6 Å². The lowest BCUT2D eigenvalue weighted by Gasteiger charge is -2.21. The third-order valence-corrected chi connectivity index (χ3v) is 4.40. The van der Waals surface area contributed by atoms with Crippen molar-refractivity contribution in [3.05, 3.63) is 0 Å². The highest BCUT2D eigenvalue weighted by atomic mass is 16.1. The van der Waals surface area contributed by atoms with Gasteiger partial charge in [0.1, 0.15) is 0 Å². The Morgan fingerprint density at radius 1 is 1.16 bits per heavy atom. The standard InChI is InChI=1S/C16H32N2O/c1-2-14(12-13-17)10-11-16(19)18-15-8-6-4-3-5-7-9-15/h14-15H,2-13,17H2,1H3,(H,18,19). The fraction of sp³-hybridized carbons (Fsp3) is 0.938. The number of carbonyl (C=O) groups excluding carboxylic acids is 1. The van der Waals surface area contributed by atoms with Gasteiger partial charge in [-0.1, -0.05) is 45.4 Å². The molecule has 1 aliphatic rings. The van der Waals surface area contributed by atoms with Gasteiger partial charge in [0.25, 0.3) is 0 Å². The van der Waals surface area contributed by atoms with Crippen LogP contribution in [0.2, 0.25) is 0 Å². The Kier molecular flexibility index (Phi) is 8.89. The van der Waals surface area contributed by atoms with Crippen LogP contribution in [-0.4, -0.2) is 18.5 Å². The minimum absolute atomic E-state index is 0.251. The first-order valence-corrected chi connectivity index (χ1v) is 8.25. The van der Waals surface area contributed by atoms with E-state index in [-0.39, 0.29) is 5.91 Å². The van der Waals surface area contributed by atoms with Crippen LogP contribution in [0.25, 0.3) is 0 Å². The van der Waals surface area contributed by atoms with Gasteiger partial charge in [0.15, 0.2) is 0 Å². The molecule has 1 fully saturated rings. The summed E-state index contributed by atoms with van der Waals surface area (Å²) < 4.78 is 0. The van der Waals surface area contributed by atoms with E-state index in [0.717, 1.165) is 25.8 Å². The average molecular weight is 268 g/mol. The van der Waals surface area contributed by atoms with Gasteiger partial charge in [-0.3, -0.25) is 4.79 Å². The van der Waals surface area contributed by atoms with Crippen LogP contribution < -0.4 is 11.1 Å². The first-order valence-electron chi connectivity index (χ1n) is 8.25. The van der Waals surface area contributed by atoms with E-state index in [4.69, 9.17) is 5.73 Å². The van der Waals surface area contributed by atoms with E-state index in [1.54, 1.807) is 0 Å². The van der Waals surface area contributed by atoms with Gasteiger partial charge in [0.2, 0.25) is 5.91 Å². The molecule has 0 radical (unpaired) electrons. The van der Waals surface area contributed by atoms with Crippen LogP contribution in [0.5, 0.6) is 0 Å². The lowest BCUT2D eigenvalue weighted by atomic mass is 9.95. The van der Waals surface area contributed by atoms with Crippen molar-refractivity contribution < 1.29 is 4.79 Å². The normalized spacial score (nSPS) is 19.5. The van der Waals surface area contributed by atoms with Crippen molar-refractivity contribution in [3.63, 3.8) is 0 Å². The summed E-state index contributed by atoms with van der Waals surface area (Å²) in [5.41, 5.74) is 5.59. The van der Waals surface area contributed by atoms with Gasteiger partial charge in [0, 0.05) is 12.5 Å². The summed E-state index contributed by atoms with van der Waals surface area (Å²) in [6.45, 7) is 2.93. The molecule has 0 aliphatic heterocycles. The quantitative estimate of drug-likeness (QED) is 0.744. The molecular formula is C16H32N2O. The third kappa shape index (κ3) is 7.56. The fourth-order valence-electron chi connectivity index (χ4n) is 3.02. The molecule has 1 rings (SSSR count). The molecule has 0 aromatic rings. The molecule has 112 valence electrons. The molecule has 0 aromatic carbocycles. The molecule has 0 spiro atoms. The van der Waals surface area contributed by atoms with Crippen LogP contribution in [0.15, 0.2) is 0 Å². The van der Waals surface area contributed by atoms with Gasteiger partial charge in [-0.2, -0.15) is 0 Å². The van der Waals surface area contributed by atoms with Crippen LogP contribution in [0.4, 0.5) is 0 Å². The van der Waals surface area contributed by atoms with E-state index in [1.165, 1.54) is 44.9 Å². The molecule has 1 atom stereocenters. The molecule has 1 amide bonds. The predicted octanol–water partition coefficient (Wildman–Crippen LogP) is 3.37. The summed E-state index contributed by atoms with van der Waals surface area (Å²) in [6.07, 6.45) is 12.8. The number of nitrogens with two attached hydrogens (primary N) is 1. The van der Waals surface area contributed by atoms with Crippen molar-refractivity contribution in [2.45, 2.75) is 83.6 Å². The topological polar surface area (TPSA) is 55.1 Å². The summed E-state index contributed by atoms with van der Waals surface area (Å²) in [7, 11) is 0. The van der Waals surface area contributed by atoms with Crippen LogP contribution in [0, 0.1) is 5.92 Å². The molecule has 1 saturated carbocycles. The van der Waals surface area contributed by atoms with E-state index in [0.29, 0.717) is 18.4 Å². The highest BCUT2D eigenvalue weighted by Crippen LogP contribution is 2.18. The van der Waals surface area contributed by atoms with Crippen LogP contribution in [-0.2, 0) is 4.79 Å². The SMILES string of the molecule is CCC(CCN)CCC(=O)NC1CCCCCCC1. The smallest absolute Gasteiger partial charge is 0.220 e. The molecule has 0 heterocycles. The maximum Gasteiger partial charge on any atom is 0.220 e. The van der Waals surface area contributed by atoms with Crippen molar-refractivity contribution in [2.24, 2.45) is 11.7 Å². The molecule has 3 N–H and O–H groups in total. The van der Waals surface area contributed by atoms with Crippen molar-refractivity contribution in [1.29, 1.82) is 0 Å². The van der Waals surface area contributed by atoms with Crippen LogP contribution >= 0.6 is 0 Å². The van der Waals surface area contributed by atoms with E-state index < -0.39 is 0 Å². The Balaban J connectivity index is 2.21. The fourth-order valence-corrected chi connectivity index (χ4v) is 3.02. The lowest BCUT2D eigenvalue weighted by molar-refractivity contribution is -0.122. The highest BCUT2D eigenvalue weighted by molar-refractivity contribution is 5.76. The number of hydrogen-bond donors (Lipinski definition) is 2. The molecule has 1 unspecified atom stereocenters. The second kappa shape index (κ2) is 10.2. The van der Waals surface area contributed by atoms with Crippen molar-refractivity contribution >= 4 is 5.91 Å². The molecule has 0 aromatic heterocycles. The molecule has 0 bridgehead atoms. The van der Waals surface area contributed by atoms with E-state index in [2.05, 4.69) is 12.2 Å². The minimum atomic E-state index is 0.251. The zero-order chi connectivity index (χ0) is 13.9. The Bertz CT molecular complexity index is 235. The maximum atomic E-state index is 12.0. The number of carbonyl (C=O) groups is 1. The Morgan fingerprint density at radius 3 is 2.37 bits per heavy atom. The molecule has 19 heavy (non-hydrogen) atoms.